The minimum Gasteiger partial charge on any atom is -0.351 e. The molecule has 16 heavy (non-hydrogen) atoms. The smallest absolute Gasteiger partial charge is 0.151 e. The monoisotopic (exact) mass is 218 g/mol. The standard InChI is InChI=1S/C12H18N4/c1-9-5-12(15-14-6-9)16-4-2-3-10-7-13-8-11(10)16/h5-6,10-11,13H,2-4,7-8H2,1H3. The first-order valence-electron chi connectivity index (χ1n) is 6.11. The molecular weight excluding hydrogens is 200 g/mol. The van der Waals surface area contributed by atoms with Crippen molar-refractivity contribution >= 4 is 5.82 Å². The zero-order valence-electron chi connectivity index (χ0n) is 9.69. The fraction of sp³-hybridized carbons (Fsp3) is 0.667. The van der Waals surface area contributed by atoms with E-state index in [9.17, 15) is 0 Å². The highest BCUT2D eigenvalue weighted by Gasteiger charge is 2.35. The van der Waals surface area contributed by atoms with Crippen molar-refractivity contribution < 1.29 is 0 Å². The number of nitrogens with zero attached hydrogens (tertiary/aromatic N) is 3. The Hall–Kier alpha value is -1.16. The number of rotatable bonds is 1. The topological polar surface area (TPSA) is 41.1 Å². The molecule has 0 amide bonds. The summed E-state index contributed by atoms with van der Waals surface area (Å²) in [5, 5.41) is 11.8. The summed E-state index contributed by atoms with van der Waals surface area (Å²) in [5.74, 6) is 1.86. The predicted octanol–water partition coefficient (Wildman–Crippen LogP) is 0.973. The molecule has 0 bridgehead atoms. The molecule has 86 valence electrons. The first-order chi connectivity index (χ1) is 7.84. The third-order valence-electron chi connectivity index (χ3n) is 3.75. The van der Waals surface area contributed by atoms with Gasteiger partial charge in [-0.05, 0) is 37.3 Å². The Bertz CT molecular complexity index is 379. The molecule has 2 aliphatic rings. The maximum absolute atomic E-state index is 4.27. The summed E-state index contributed by atoms with van der Waals surface area (Å²) in [6.45, 7) is 5.47. The molecule has 1 N–H and O–H groups in total. The summed E-state index contributed by atoms with van der Waals surface area (Å²) in [7, 11) is 0. The fourth-order valence-electron chi connectivity index (χ4n) is 2.94. The molecule has 0 aromatic carbocycles. The van der Waals surface area contributed by atoms with Gasteiger partial charge in [0.05, 0.1) is 6.20 Å². The van der Waals surface area contributed by atoms with Crippen molar-refractivity contribution in [1.82, 2.24) is 15.5 Å². The quantitative estimate of drug-likeness (QED) is 0.762. The largest absolute Gasteiger partial charge is 0.351 e. The molecule has 4 nitrogen and oxygen atoms in total. The Morgan fingerprint density at radius 3 is 3.25 bits per heavy atom. The van der Waals surface area contributed by atoms with Crippen molar-refractivity contribution in [2.45, 2.75) is 25.8 Å². The third-order valence-corrected chi connectivity index (χ3v) is 3.75. The molecule has 0 radical (unpaired) electrons. The molecule has 3 heterocycles. The number of nitrogens with one attached hydrogen (secondary N) is 1. The van der Waals surface area contributed by atoms with E-state index < -0.39 is 0 Å². The number of anilines is 1. The first-order valence-corrected chi connectivity index (χ1v) is 6.11. The van der Waals surface area contributed by atoms with E-state index in [-0.39, 0.29) is 0 Å². The molecule has 2 saturated heterocycles. The van der Waals surface area contributed by atoms with Crippen molar-refractivity contribution in [3.05, 3.63) is 17.8 Å². The van der Waals surface area contributed by atoms with Gasteiger partial charge in [-0.15, -0.1) is 5.10 Å². The Labute approximate surface area is 96.1 Å². The normalized spacial score (nSPS) is 29.2. The van der Waals surface area contributed by atoms with E-state index in [1.807, 2.05) is 6.20 Å². The SMILES string of the molecule is Cc1cnnc(N2CCCC3CNCC32)c1. The lowest BCUT2D eigenvalue weighted by Crippen LogP contribution is -2.45. The molecule has 2 fully saturated rings. The molecule has 3 rings (SSSR count). The highest BCUT2D eigenvalue weighted by atomic mass is 15.3. The Balaban J connectivity index is 1.88. The van der Waals surface area contributed by atoms with Crippen LogP contribution in [0.2, 0.25) is 0 Å². The number of fused-ring (bicyclic) bond motifs is 1. The average molecular weight is 218 g/mol. The molecule has 1 aromatic heterocycles. The van der Waals surface area contributed by atoms with E-state index in [4.69, 9.17) is 0 Å². The molecule has 0 spiro atoms. The second-order valence-corrected chi connectivity index (χ2v) is 4.91. The van der Waals surface area contributed by atoms with E-state index in [1.54, 1.807) is 0 Å². The second-order valence-electron chi connectivity index (χ2n) is 4.91. The fourth-order valence-corrected chi connectivity index (χ4v) is 2.94. The van der Waals surface area contributed by atoms with Gasteiger partial charge in [-0.2, -0.15) is 5.10 Å². The number of hydrogen-bond donors (Lipinski definition) is 1. The minimum atomic E-state index is 0.629. The van der Waals surface area contributed by atoms with Gasteiger partial charge in [0.25, 0.3) is 0 Å². The van der Waals surface area contributed by atoms with Gasteiger partial charge in [-0.1, -0.05) is 0 Å². The van der Waals surface area contributed by atoms with Gasteiger partial charge >= 0.3 is 0 Å². The predicted molar refractivity (Wildman–Crippen MR) is 63.5 cm³/mol. The van der Waals surface area contributed by atoms with Gasteiger partial charge in [0.2, 0.25) is 0 Å². The van der Waals surface area contributed by atoms with Crippen LogP contribution in [0.15, 0.2) is 12.3 Å². The van der Waals surface area contributed by atoms with Crippen LogP contribution in [-0.4, -0.2) is 35.9 Å². The molecule has 0 saturated carbocycles. The second kappa shape index (κ2) is 4.01. The average Bonchev–Trinajstić information content (AvgIpc) is 2.76. The third kappa shape index (κ3) is 1.67. The molecule has 2 atom stereocenters. The van der Waals surface area contributed by atoms with Gasteiger partial charge in [0.15, 0.2) is 5.82 Å². The zero-order chi connectivity index (χ0) is 11.0. The Kier molecular flexibility index (Phi) is 2.52. The Morgan fingerprint density at radius 1 is 1.44 bits per heavy atom. The van der Waals surface area contributed by atoms with E-state index >= 15 is 0 Å². The van der Waals surface area contributed by atoms with Crippen molar-refractivity contribution in [2.75, 3.05) is 24.5 Å². The van der Waals surface area contributed by atoms with Crippen molar-refractivity contribution in [1.29, 1.82) is 0 Å². The lowest BCUT2D eigenvalue weighted by molar-refractivity contribution is 0.382. The maximum atomic E-state index is 4.27. The van der Waals surface area contributed by atoms with Crippen LogP contribution in [-0.2, 0) is 0 Å². The van der Waals surface area contributed by atoms with Crippen molar-refractivity contribution in [3.8, 4) is 0 Å². The van der Waals surface area contributed by atoms with Gasteiger partial charge < -0.3 is 10.2 Å². The number of aryl methyl sites for hydroxylation is 1. The van der Waals surface area contributed by atoms with Gasteiger partial charge in [0.1, 0.15) is 0 Å². The van der Waals surface area contributed by atoms with Crippen molar-refractivity contribution in [2.24, 2.45) is 5.92 Å². The van der Waals surface area contributed by atoms with Crippen LogP contribution >= 0.6 is 0 Å². The summed E-state index contributed by atoms with van der Waals surface area (Å²) < 4.78 is 0. The summed E-state index contributed by atoms with van der Waals surface area (Å²) in [5.41, 5.74) is 1.19. The first kappa shape index (κ1) is 10.0. The van der Waals surface area contributed by atoms with E-state index in [1.165, 1.54) is 24.9 Å². The highest BCUT2D eigenvalue weighted by Crippen LogP contribution is 2.29. The molecule has 2 aliphatic heterocycles. The lowest BCUT2D eigenvalue weighted by atomic mass is 9.92. The summed E-state index contributed by atoms with van der Waals surface area (Å²) >= 11 is 0. The van der Waals surface area contributed by atoms with Gasteiger partial charge in [-0.3, -0.25) is 0 Å². The van der Waals surface area contributed by atoms with Crippen LogP contribution in [0, 0.1) is 12.8 Å². The summed E-state index contributed by atoms with van der Waals surface area (Å²) in [6, 6.07) is 2.78. The van der Waals surface area contributed by atoms with E-state index in [0.717, 1.165) is 24.8 Å². The van der Waals surface area contributed by atoms with E-state index in [2.05, 4.69) is 33.4 Å². The maximum Gasteiger partial charge on any atom is 0.151 e. The lowest BCUT2D eigenvalue weighted by Gasteiger charge is -2.37. The van der Waals surface area contributed by atoms with Crippen molar-refractivity contribution in [3.63, 3.8) is 0 Å². The van der Waals surface area contributed by atoms with Gasteiger partial charge in [-0.25, -0.2) is 0 Å². The van der Waals surface area contributed by atoms with Crippen LogP contribution in [0.3, 0.4) is 0 Å². The Morgan fingerprint density at radius 2 is 2.38 bits per heavy atom. The van der Waals surface area contributed by atoms with Crippen LogP contribution in [0.5, 0.6) is 0 Å². The van der Waals surface area contributed by atoms with E-state index in [0.29, 0.717) is 6.04 Å². The minimum absolute atomic E-state index is 0.629. The molecular formula is C12H18N4. The molecule has 1 aromatic rings. The van der Waals surface area contributed by atoms with Crippen LogP contribution in [0.4, 0.5) is 5.82 Å². The number of aromatic nitrogens is 2. The number of hydrogen-bond acceptors (Lipinski definition) is 4. The molecule has 2 unspecified atom stereocenters. The molecule has 4 heteroatoms. The zero-order valence-corrected chi connectivity index (χ0v) is 9.69. The number of piperidine rings is 1. The summed E-state index contributed by atoms with van der Waals surface area (Å²) in [6.07, 6.45) is 4.45. The van der Waals surface area contributed by atoms with Crippen LogP contribution in [0.1, 0.15) is 18.4 Å². The van der Waals surface area contributed by atoms with Crippen LogP contribution in [0.25, 0.3) is 0 Å². The van der Waals surface area contributed by atoms with Crippen LogP contribution < -0.4 is 10.2 Å². The van der Waals surface area contributed by atoms with Gasteiger partial charge in [0, 0.05) is 25.7 Å². The molecule has 0 aliphatic carbocycles. The summed E-state index contributed by atoms with van der Waals surface area (Å²) in [4.78, 5) is 2.44. The highest BCUT2D eigenvalue weighted by molar-refractivity contribution is 5.41.